The molecule has 0 saturated carbocycles. The summed E-state index contributed by atoms with van der Waals surface area (Å²) in [7, 11) is 0. The lowest BCUT2D eigenvalue weighted by Gasteiger charge is -2.17. The van der Waals surface area contributed by atoms with Gasteiger partial charge in [0.2, 0.25) is 0 Å². The molecule has 0 bridgehead atoms. The Bertz CT molecular complexity index is 419. The Balaban J connectivity index is 3.52. The van der Waals surface area contributed by atoms with Crippen molar-refractivity contribution in [3.8, 4) is 5.75 Å². The van der Waals surface area contributed by atoms with Gasteiger partial charge < -0.3 is 15.4 Å². The zero-order chi connectivity index (χ0) is 11.7. The van der Waals surface area contributed by atoms with Gasteiger partial charge in [-0.25, -0.2) is 0 Å². The molecule has 4 nitrogen and oxygen atoms in total. The Hall–Kier alpha value is -1.29. The number of aromatic hydroxyl groups is 1. The van der Waals surface area contributed by atoms with Crippen LogP contribution in [0.4, 0.5) is 0 Å². The van der Waals surface area contributed by atoms with Crippen LogP contribution in [-0.4, -0.2) is 9.67 Å². The van der Waals surface area contributed by atoms with Crippen molar-refractivity contribution in [2.75, 3.05) is 0 Å². The molecule has 0 spiro atoms. The first-order valence-corrected chi connectivity index (χ1v) is 5.06. The molecule has 0 aliphatic rings. The standard InChI is InChI=1S/C11H18N2O2/c1-6(2)13-7(3)5-9(8(4)12)10(14)11(13)15/h5-6,8,14H,12H2,1-4H3. The number of aromatic nitrogens is 1. The molecule has 1 atom stereocenters. The summed E-state index contributed by atoms with van der Waals surface area (Å²) >= 11 is 0. The van der Waals surface area contributed by atoms with Crippen LogP contribution in [0.25, 0.3) is 0 Å². The van der Waals surface area contributed by atoms with Crippen LogP contribution in [0.15, 0.2) is 10.9 Å². The molecule has 1 aromatic heterocycles. The lowest BCUT2D eigenvalue weighted by atomic mass is 10.1. The average Bonchev–Trinajstić information content (AvgIpc) is 2.10. The SMILES string of the molecule is Cc1cc(C(C)N)c(O)c(=O)n1C(C)C. The van der Waals surface area contributed by atoms with Crippen molar-refractivity contribution >= 4 is 0 Å². The Morgan fingerprint density at radius 3 is 2.33 bits per heavy atom. The molecule has 0 amide bonds. The van der Waals surface area contributed by atoms with Crippen molar-refractivity contribution in [1.82, 2.24) is 4.57 Å². The molecule has 0 fully saturated rings. The molecule has 0 saturated heterocycles. The number of pyridine rings is 1. The summed E-state index contributed by atoms with van der Waals surface area (Å²) < 4.78 is 1.56. The molecule has 4 heteroatoms. The Morgan fingerprint density at radius 1 is 1.40 bits per heavy atom. The maximum Gasteiger partial charge on any atom is 0.293 e. The Kier molecular flexibility index (Phi) is 3.19. The fourth-order valence-corrected chi connectivity index (χ4v) is 1.75. The monoisotopic (exact) mass is 210 g/mol. The van der Waals surface area contributed by atoms with E-state index in [4.69, 9.17) is 5.73 Å². The zero-order valence-electron chi connectivity index (χ0n) is 9.61. The van der Waals surface area contributed by atoms with Crippen LogP contribution in [0.1, 0.15) is 44.1 Å². The summed E-state index contributed by atoms with van der Waals surface area (Å²) in [5.74, 6) is -0.232. The highest BCUT2D eigenvalue weighted by molar-refractivity contribution is 5.34. The smallest absolute Gasteiger partial charge is 0.293 e. The van der Waals surface area contributed by atoms with E-state index >= 15 is 0 Å². The van der Waals surface area contributed by atoms with Crippen LogP contribution in [-0.2, 0) is 0 Å². The van der Waals surface area contributed by atoms with Gasteiger partial charge in [0.15, 0.2) is 5.75 Å². The highest BCUT2D eigenvalue weighted by Crippen LogP contribution is 2.21. The first kappa shape index (κ1) is 11.8. The number of rotatable bonds is 2. The van der Waals surface area contributed by atoms with Gasteiger partial charge in [0, 0.05) is 23.3 Å². The largest absolute Gasteiger partial charge is 0.503 e. The van der Waals surface area contributed by atoms with Gasteiger partial charge in [-0.2, -0.15) is 0 Å². The molecule has 1 unspecified atom stereocenters. The minimum atomic E-state index is -0.364. The van der Waals surface area contributed by atoms with E-state index in [9.17, 15) is 9.90 Å². The first-order chi connectivity index (χ1) is 6.86. The molecule has 1 aromatic rings. The minimum absolute atomic E-state index is 0.0329. The topological polar surface area (TPSA) is 68.2 Å². The van der Waals surface area contributed by atoms with E-state index in [0.717, 1.165) is 5.69 Å². The first-order valence-electron chi connectivity index (χ1n) is 5.06. The summed E-state index contributed by atoms with van der Waals surface area (Å²) in [5, 5.41) is 9.71. The highest BCUT2D eigenvalue weighted by Gasteiger charge is 2.15. The van der Waals surface area contributed by atoms with E-state index in [2.05, 4.69) is 0 Å². The second kappa shape index (κ2) is 4.06. The lowest BCUT2D eigenvalue weighted by Crippen LogP contribution is -2.25. The van der Waals surface area contributed by atoms with Crippen LogP contribution in [0.2, 0.25) is 0 Å². The van der Waals surface area contributed by atoms with Crippen molar-refractivity contribution < 1.29 is 5.11 Å². The summed E-state index contributed by atoms with van der Waals surface area (Å²) in [4.78, 5) is 11.8. The van der Waals surface area contributed by atoms with Crippen molar-refractivity contribution in [1.29, 1.82) is 0 Å². The van der Waals surface area contributed by atoms with E-state index in [0.29, 0.717) is 5.56 Å². The average molecular weight is 210 g/mol. The van der Waals surface area contributed by atoms with Gasteiger partial charge in [-0.3, -0.25) is 4.79 Å². The van der Waals surface area contributed by atoms with Crippen molar-refractivity contribution in [2.24, 2.45) is 5.73 Å². The van der Waals surface area contributed by atoms with Crippen LogP contribution < -0.4 is 11.3 Å². The normalized spacial score (nSPS) is 13.2. The molecule has 1 rings (SSSR count). The van der Waals surface area contributed by atoms with E-state index in [1.165, 1.54) is 0 Å². The number of aryl methyl sites for hydroxylation is 1. The molecule has 1 heterocycles. The van der Waals surface area contributed by atoms with Crippen LogP contribution in [0.3, 0.4) is 0 Å². The second-order valence-corrected chi connectivity index (χ2v) is 4.15. The third-order valence-corrected chi connectivity index (χ3v) is 2.45. The number of hydrogen-bond acceptors (Lipinski definition) is 3. The van der Waals surface area contributed by atoms with Crippen molar-refractivity contribution in [2.45, 2.75) is 39.8 Å². The van der Waals surface area contributed by atoms with Gasteiger partial charge in [0.05, 0.1) is 0 Å². The summed E-state index contributed by atoms with van der Waals surface area (Å²) in [6, 6.07) is 1.46. The third-order valence-electron chi connectivity index (χ3n) is 2.45. The molecule has 3 N–H and O–H groups in total. The number of hydrogen-bond donors (Lipinski definition) is 2. The third kappa shape index (κ3) is 2.04. The molecule has 0 aliphatic heterocycles. The van der Waals surface area contributed by atoms with Crippen molar-refractivity contribution in [3.05, 3.63) is 27.7 Å². The fourth-order valence-electron chi connectivity index (χ4n) is 1.75. The van der Waals surface area contributed by atoms with Gasteiger partial charge in [0.25, 0.3) is 5.56 Å². The van der Waals surface area contributed by atoms with Crippen LogP contribution >= 0.6 is 0 Å². The fraction of sp³-hybridized carbons (Fsp3) is 0.545. The van der Waals surface area contributed by atoms with Crippen LogP contribution in [0, 0.1) is 6.92 Å². The predicted molar refractivity (Wildman–Crippen MR) is 60.1 cm³/mol. The Labute approximate surface area is 89.3 Å². The minimum Gasteiger partial charge on any atom is -0.503 e. The van der Waals surface area contributed by atoms with E-state index in [1.807, 2.05) is 20.8 Å². The summed E-state index contributed by atoms with van der Waals surface area (Å²) in [6.07, 6.45) is 0. The molecular formula is C11H18N2O2. The second-order valence-electron chi connectivity index (χ2n) is 4.15. The maximum atomic E-state index is 11.8. The van der Waals surface area contributed by atoms with Gasteiger partial charge >= 0.3 is 0 Å². The van der Waals surface area contributed by atoms with Crippen LogP contribution in [0.5, 0.6) is 5.75 Å². The molecule has 84 valence electrons. The zero-order valence-corrected chi connectivity index (χ0v) is 9.61. The van der Waals surface area contributed by atoms with E-state index in [1.54, 1.807) is 17.6 Å². The molecular weight excluding hydrogens is 192 g/mol. The summed E-state index contributed by atoms with van der Waals surface area (Å²) in [6.45, 7) is 7.39. The van der Waals surface area contributed by atoms with Gasteiger partial charge in [-0.15, -0.1) is 0 Å². The van der Waals surface area contributed by atoms with E-state index < -0.39 is 0 Å². The highest BCUT2D eigenvalue weighted by atomic mass is 16.3. The molecule has 0 radical (unpaired) electrons. The predicted octanol–water partition coefficient (Wildman–Crippen LogP) is 1.46. The maximum absolute atomic E-state index is 11.8. The van der Waals surface area contributed by atoms with Gasteiger partial charge in [-0.1, -0.05) is 0 Å². The van der Waals surface area contributed by atoms with Crippen molar-refractivity contribution in [3.63, 3.8) is 0 Å². The number of nitrogens with two attached hydrogens (primary N) is 1. The van der Waals surface area contributed by atoms with Gasteiger partial charge in [0.1, 0.15) is 0 Å². The summed E-state index contributed by atoms with van der Waals surface area (Å²) in [5.41, 5.74) is 6.63. The molecule has 0 aromatic carbocycles. The lowest BCUT2D eigenvalue weighted by molar-refractivity contribution is 0.435. The van der Waals surface area contributed by atoms with E-state index in [-0.39, 0.29) is 23.4 Å². The van der Waals surface area contributed by atoms with Gasteiger partial charge in [-0.05, 0) is 33.8 Å². The quantitative estimate of drug-likeness (QED) is 0.776. The molecule has 0 aliphatic carbocycles. The Morgan fingerprint density at radius 2 is 1.93 bits per heavy atom. The number of nitrogens with zero attached hydrogens (tertiary/aromatic N) is 1. The molecule has 15 heavy (non-hydrogen) atoms.